The lowest BCUT2D eigenvalue weighted by Gasteiger charge is -2.02. The number of nitrogens with zero attached hydrogens (tertiary/aromatic N) is 2. The summed E-state index contributed by atoms with van der Waals surface area (Å²) in [5.41, 5.74) is 6.34. The van der Waals surface area contributed by atoms with Gasteiger partial charge in [-0.25, -0.2) is 9.97 Å². The standard InChI is InChI=1S/C10H11N3OS/c1-2-15-9-6-7(12-10(11)13-9)8-4-3-5-14-8/h3-6H,2H2,1H3,(H2,11,12,13). The van der Waals surface area contributed by atoms with Gasteiger partial charge >= 0.3 is 0 Å². The summed E-state index contributed by atoms with van der Waals surface area (Å²) in [5.74, 6) is 1.94. The lowest BCUT2D eigenvalue weighted by molar-refractivity contribution is 0.579. The molecule has 0 aliphatic carbocycles. The lowest BCUT2D eigenvalue weighted by atomic mass is 10.3. The van der Waals surface area contributed by atoms with Gasteiger partial charge in [-0.3, -0.25) is 0 Å². The van der Waals surface area contributed by atoms with E-state index in [0.717, 1.165) is 16.5 Å². The predicted octanol–water partition coefficient (Wildman–Crippen LogP) is 2.43. The van der Waals surface area contributed by atoms with Crippen LogP contribution in [0.2, 0.25) is 0 Å². The van der Waals surface area contributed by atoms with Crippen LogP contribution < -0.4 is 5.73 Å². The summed E-state index contributed by atoms with van der Waals surface area (Å²) in [5, 5.41) is 0.872. The van der Waals surface area contributed by atoms with E-state index in [4.69, 9.17) is 10.2 Å². The first-order chi connectivity index (χ1) is 7.29. The SMILES string of the molecule is CCSc1cc(-c2ccco2)nc(N)n1. The average Bonchev–Trinajstić information content (AvgIpc) is 2.70. The molecule has 5 heteroatoms. The number of anilines is 1. The van der Waals surface area contributed by atoms with Gasteiger partial charge < -0.3 is 10.2 Å². The van der Waals surface area contributed by atoms with Crippen molar-refractivity contribution in [1.82, 2.24) is 9.97 Å². The van der Waals surface area contributed by atoms with Crippen molar-refractivity contribution in [2.45, 2.75) is 11.9 Å². The van der Waals surface area contributed by atoms with Gasteiger partial charge in [0.2, 0.25) is 5.95 Å². The minimum Gasteiger partial charge on any atom is -0.463 e. The Bertz CT molecular complexity index is 442. The molecule has 0 aromatic carbocycles. The van der Waals surface area contributed by atoms with Gasteiger partial charge in [-0.2, -0.15) is 0 Å². The van der Waals surface area contributed by atoms with Crippen LogP contribution in [0.25, 0.3) is 11.5 Å². The van der Waals surface area contributed by atoms with Crippen molar-refractivity contribution in [1.29, 1.82) is 0 Å². The molecule has 2 aromatic rings. The Balaban J connectivity index is 2.40. The Morgan fingerprint density at radius 1 is 1.47 bits per heavy atom. The summed E-state index contributed by atoms with van der Waals surface area (Å²) in [6, 6.07) is 5.55. The van der Waals surface area contributed by atoms with Crippen LogP contribution in [0.4, 0.5) is 5.95 Å². The quantitative estimate of drug-likeness (QED) is 0.637. The highest BCUT2D eigenvalue weighted by Gasteiger charge is 2.06. The van der Waals surface area contributed by atoms with Crippen molar-refractivity contribution in [3.05, 3.63) is 24.5 Å². The van der Waals surface area contributed by atoms with Gasteiger partial charge in [0.1, 0.15) is 10.7 Å². The molecule has 0 saturated heterocycles. The second kappa shape index (κ2) is 4.35. The van der Waals surface area contributed by atoms with Crippen LogP contribution in [0.15, 0.2) is 33.9 Å². The summed E-state index contributed by atoms with van der Waals surface area (Å²) in [7, 11) is 0. The number of nitrogens with two attached hydrogens (primary N) is 1. The van der Waals surface area contributed by atoms with Crippen LogP contribution in [-0.2, 0) is 0 Å². The van der Waals surface area contributed by atoms with Crippen LogP contribution in [0, 0.1) is 0 Å². The minimum absolute atomic E-state index is 0.278. The highest BCUT2D eigenvalue weighted by atomic mass is 32.2. The largest absolute Gasteiger partial charge is 0.463 e. The first-order valence-electron chi connectivity index (χ1n) is 4.61. The third-order valence-corrected chi connectivity index (χ3v) is 2.58. The van der Waals surface area contributed by atoms with Crippen molar-refractivity contribution in [3.8, 4) is 11.5 Å². The van der Waals surface area contributed by atoms with E-state index in [1.807, 2.05) is 18.2 Å². The Kier molecular flexibility index (Phi) is 2.91. The van der Waals surface area contributed by atoms with Crippen LogP contribution in [0.5, 0.6) is 0 Å². The molecule has 2 heterocycles. The molecule has 0 bridgehead atoms. The van der Waals surface area contributed by atoms with Crippen LogP contribution in [0.3, 0.4) is 0 Å². The first kappa shape index (κ1) is 10.0. The van der Waals surface area contributed by atoms with E-state index in [9.17, 15) is 0 Å². The fourth-order valence-corrected chi connectivity index (χ4v) is 1.86. The van der Waals surface area contributed by atoms with E-state index < -0.39 is 0 Å². The highest BCUT2D eigenvalue weighted by Crippen LogP contribution is 2.23. The van der Waals surface area contributed by atoms with E-state index in [-0.39, 0.29) is 5.95 Å². The van der Waals surface area contributed by atoms with E-state index in [1.54, 1.807) is 18.0 Å². The van der Waals surface area contributed by atoms with Crippen molar-refractivity contribution < 1.29 is 4.42 Å². The number of hydrogen-bond acceptors (Lipinski definition) is 5. The molecule has 0 aliphatic heterocycles. The maximum absolute atomic E-state index is 5.62. The fraction of sp³-hybridized carbons (Fsp3) is 0.200. The molecule has 15 heavy (non-hydrogen) atoms. The number of aromatic nitrogens is 2. The maximum atomic E-state index is 5.62. The monoisotopic (exact) mass is 221 g/mol. The van der Waals surface area contributed by atoms with Crippen molar-refractivity contribution >= 4 is 17.7 Å². The summed E-state index contributed by atoms with van der Waals surface area (Å²) in [6.45, 7) is 2.07. The normalized spacial score (nSPS) is 10.5. The third-order valence-electron chi connectivity index (χ3n) is 1.79. The topological polar surface area (TPSA) is 64.9 Å². The summed E-state index contributed by atoms with van der Waals surface area (Å²) in [6.07, 6.45) is 1.61. The second-order valence-corrected chi connectivity index (χ2v) is 4.14. The van der Waals surface area contributed by atoms with Gasteiger partial charge in [-0.05, 0) is 17.9 Å². The molecule has 0 spiro atoms. The average molecular weight is 221 g/mol. The van der Waals surface area contributed by atoms with Gasteiger partial charge in [0.15, 0.2) is 5.76 Å². The van der Waals surface area contributed by atoms with E-state index in [2.05, 4.69) is 16.9 Å². The van der Waals surface area contributed by atoms with Crippen LogP contribution in [0.1, 0.15) is 6.92 Å². The predicted molar refractivity (Wildman–Crippen MR) is 60.5 cm³/mol. The summed E-state index contributed by atoms with van der Waals surface area (Å²) >= 11 is 1.63. The maximum Gasteiger partial charge on any atom is 0.221 e. The van der Waals surface area contributed by atoms with Crippen molar-refractivity contribution in [2.24, 2.45) is 0 Å². The zero-order valence-electron chi connectivity index (χ0n) is 8.30. The number of hydrogen-bond donors (Lipinski definition) is 1. The van der Waals surface area contributed by atoms with Crippen molar-refractivity contribution in [3.63, 3.8) is 0 Å². The van der Waals surface area contributed by atoms with E-state index in [0.29, 0.717) is 5.76 Å². The Labute approximate surface area is 91.9 Å². The smallest absolute Gasteiger partial charge is 0.221 e. The highest BCUT2D eigenvalue weighted by molar-refractivity contribution is 7.99. The van der Waals surface area contributed by atoms with E-state index >= 15 is 0 Å². The van der Waals surface area contributed by atoms with Crippen LogP contribution >= 0.6 is 11.8 Å². The third kappa shape index (κ3) is 2.30. The number of thioether (sulfide) groups is 1. The molecule has 0 unspecified atom stereocenters. The van der Waals surface area contributed by atoms with Crippen molar-refractivity contribution in [2.75, 3.05) is 11.5 Å². The molecule has 0 atom stereocenters. The number of nitrogen functional groups attached to an aromatic ring is 1. The van der Waals surface area contributed by atoms with Gasteiger partial charge in [0.05, 0.1) is 6.26 Å². The van der Waals surface area contributed by atoms with Gasteiger partial charge in [0.25, 0.3) is 0 Å². The summed E-state index contributed by atoms with van der Waals surface area (Å²) in [4.78, 5) is 8.24. The van der Waals surface area contributed by atoms with Crippen LogP contribution in [-0.4, -0.2) is 15.7 Å². The first-order valence-corrected chi connectivity index (χ1v) is 5.59. The molecule has 0 amide bonds. The zero-order valence-corrected chi connectivity index (χ0v) is 9.12. The Morgan fingerprint density at radius 3 is 3.00 bits per heavy atom. The lowest BCUT2D eigenvalue weighted by Crippen LogP contribution is -1.97. The molecule has 0 saturated carbocycles. The minimum atomic E-state index is 0.278. The Morgan fingerprint density at radius 2 is 2.33 bits per heavy atom. The molecule has 78 valence electrons. The molecular formula is C10H11N3OS. The Hall–Kier alpha value is -1.49. The summed E-state index contributed by atoms with van der Waals surface area (Å²) < 4.78 is 5.25. The number of rotatable bonds is 3. The van der Waals surface area contributed by atoms with Gasteiger partial charge in [-0.1, -0.05) is 6.92 Å². The zero-order chi connectivity index (χ0) is 10.7. The molecule has 0 radical (unpaired) electrons. The molecule has 2 rings (SSSR count). The fourth-order valence-electron chi connectivity index (χ4n) is 1.22. The molecule has 2 aromatic heterocycles. The van der Waals surface area contributed by atoms with Gasteiger partial charge in [-0.15, -0.1) is 11.8 Å². The molecule has 4 nitrogen and oxygen atoms in total. The molecule has 2 N–H and O–H groups in total. The molecular weight excluding hydrogens is 210 g/mol. The van der Waals surface area contributed by atoms with Gasteiger partial charge in [0, 0.05) is 6.07 Å². The van der Waals surface area contributed by atoms with E-state index in [1.165, 1.54) is 0 Å². The molecule has 0 fully saturated rings. The second-order valence-electron chi connectivity index (χ2n) is 2.86. The number of furan rings is 1. The molecule has 0 aliphatic rings.